The first-order chi connectivity index (χ1) is 13.9. The van der Waals surface area contributed by atoms with Crippen molar-refractivity contribution in [2.24, 2.45) is 0 Å². The van der Waals surface area contributed by atoms with Gasteiger partial charge in [-0.1, -0.05) is 0 Å². The number of rotatable bonds is 6. The van der Waals surface area contributed by atoms with Gasteiger partial charge in [-0.25, -0.2) is 4.79 Å². The topological polar surface area (TPSA) is 54.0 Å². The zero-order valence-corrected chi connectivity index (χ0v) is 17.7. The molecule has 0 unspecified atom stereocenters. The van der Waals surface area contributed by atoms with Crippen molar-refractivity contribution in [2.45, 2.75) is 39.9 Å². The third-order valence-corrected chi connectivity index (χ3v) is 4.62. The zero-order chi connectivity index (χ0) is 20.8. The number of urea groups is 1. The molecule has 0 aromatic heterocycles. The van der Waals surface area contributed by atoms with Crippen LogP contribution in [0, 0.1) is 0 Å². The van der Waals surface area contributed by atoms with E-state index in [0.717, 1.165) is 36.0 Å². The first-order valence-corrected chi connectivity index (χ1v) is 10.2. The van der Waals surface area contributed by atoms with Crippen LogP contribution in [0.5, 0.6) is 11.5 Å². The number of nitrogens with zero attached hydrogens (tertiary/aromatic N) is 2. The number of hydrogen-bond acceptors (Lipinski definition) is 4. The Morgan fingerprint density at radius 3 is 1.76 bits per heavy atom. The minimum Gasteiger partial charge on any atom is -0.491 e. The molecule has 3 rings (SSSR count). The highest BCUT2D eigenvalue weighted by Gasteiger charge is 2.21. The van der Waals surface area contributed by atoms with Gasteiger partial charge >= 0.3 is 6.03 Å². The lowest BCUT2D eigenvalue weighted by molar-refractivity contribution is 0.208. The maximum absolute atomic E-state index is 12.6. The van der Waals surface area contributed by atoms with Crippen LogP contribution >= 0.6 is 0 Å². The lowest BCUT2D eigenvalue weighted by Crippen LogP contribution is -2.50. The van der Waals surface area contributed by atoms with Crippen molar-refractivity contribution in [1.82, 2.24) is 4.90 Å². The number of piperazine rings is 1. The SMILES string of the molecule is CC(C)Oc1ccc(NC(=O)N2CCN(c3ccc(OC(C)C)cc3)CC2)cc1. The average molecular weight is 398 g/mol. The Balaban J connectivity index is 1.49. The van der Waals surface area contributed by atoms with Crippen molar-refractivity contribution < 1.29 is 14.3 Å². The third-order valence-electron chi connectivity index (χ3n) is 4.62. The smallest absolute Gasteiger partial charge is 0.321 e. The van der Waals surface area contributed by atoms with Gasteiger partial charge in [0.1, 0.15) is 11.5 Å². The summed E-state index contributed by atoms with van der Waals surface area (Å²) < 4.78 is 11.3. The number of hydrogen-bond donors (Lipinski definition) is 1. The monoisotopic (exact) mass is 397 g/mol. The second kappa shape index (κ2) is 9.54. The summed E-state index contributed by atoms with van der Waals surface area (Å²) in [7, 11) is 0. The third kappa shape index (κ3) is 6.04. The van der Waals surface area contributed by atoms with Crippen LogP contribution in [0.3, 0.4) is 0 Å². The molecule has 0 aliphatic carbocycles. The van der Waals surface area contributed by atoms with E-state index < -0.39 is 0 Å². The molecule has 2 aromatic rings. The van der Waals surface area contributed by atoms with Crippen LogP contribution in [0.4, 0.5) is 16.2 Å². The lowest BCUT2D eigenvalue weighted by Gasteiger charge is -2.36. The summed E-state index contributed by atoms with van der Waals surface area (Å²) in [6.45, 7) is 11.0. The Hall–Kier alpha value is -2.89. The lowest BCUT2D eigenvalue weighted by atomic mass is 10.2. The largest absolute Gasteiger partial charge is 0.491 e. The molecule has 2 aromatic carbocycles. The van der Waals surface area contributed by atoms with Crippen molar-refractivity contribution in [3.63, 3.8) is 0 Å². The molecule has 1 aliphatic rings. The van der Waals surface area contributed by atoms with Gasteiger partial charge in [0.05, 0.1) is 12.2 Å². The first-order valence-electron chi connectivity index (χ1n) is 10.2. The molecular formula is C23H31N3O3. The molecule has 0 spiro atoms. The predicted molar refractivity (Wildman–Crippen MR) is 117 cm³/mol. The van der Waals surface area contributed by atoms with Crippen LogP contribution in [0.2, 0.25) is 0 Å². The fourth-order valence-corrected chi connectivity index (χ4v) is 3.27. The first kappa shape index (κ1) is 20.8. The second-order valence-electron chi connectivity index (χ2n) is 7.76. The quantitative estimate of drug-likeness (QED) is 0.773. The average Bonchev–Trinajstić information content (AvgIpc) is 2.69. The number of ether oxygens (including phenoxy) is 2. The summed E-state index contributed by atoms with van der Waals surface area (Å²) >= 11 is 0. The maximum Gasteiger partial charge on any atom is 0.321 e. The Labute approximate surface area is 173 Å². The van der Waals surface area contributed by atoms with E-state index in [-0.39, 0.29) is 18.2 Å². The maximum atomic E-state index is 12.6. The van der Waals surface area contributed by atoms with Gasteiger partial charge in [0, 0.05) is 37.6 Å². The van der Waals surface area contributed by atoms with Gasteiger partial charge in [0.25, 0.3) is 0 Å². The van der Waals surface area contributed by atoms with E-state index in [1.165, 1.54) is 0 Å². The van der Waals surface area contributed by atoms with Gasteiger partial charge in [-0.15, -0.1) is 0 Å². The molecule has 1 heterocycles. The van der Waals surface area contributed by atoms with Crippen LogP contribution in [-0.4, -0.2) is 49.3 Å². The fraction of sp³-hybridized carbons (Fsp3) is 0.435. The Morgan fingerprint density at radius 1 is 0.793 bits per heavy atom. The molecule has 0 atom stereocenters. The zero-order valence-electron chi connectivity index (χ0n) is 17.7. The van der Waals surface area contributed by atoms with Crippen LogP contribution in [0.1, 0.15) is 27.7 Å². The molecule has 0 bridgehead atoms. The van der Waals surface area contributed by atoms with Crippen LogP contribution in [-0.2, 0) is 0 Å². The van der Waals surface area contributed by atoms with Gasteiger partial charge in [-0.05, 0) is 76.2 Å². The van der Waals surface area contributed by atoms with E-state index >= 15 is 0 Å². The molecule has 1 saturated heterocycles. The van der Waals surface area contributed by atoms with Gasteiger partial charge in [-0.2, -0.15) is 0 Å². The van der Waals surface area contributed by atoms with E-state index in [0.29, 0.717) is 13.1 Å². The van der Waals surface area contributed by atoms with Crippen molar-refractivity contribution in [1.29, 1.82) is 0 Å². The van der Waals surface area contributed by atoms with Gasteiger partial charge in [0.15, 0.2) is 0 Å². The van der Waals surface area contributed by atoms with E-state index in [2.05, 4.69) is 22.3 Å². The van der Waals surface area contributed by atoms with Crippen LogP contribution in [0.15, 0.2) is 48.5 Å². The minimum atomic E-state index is -0.0668. The van der Waals surface area contributed by atoms with E-state index in [9.17, 15) is 4.79 Å². The number of anilines is 2. The summed E-state index contributed by atoms with van der Waals surface area (Å²) in [5.74, 6) is 1.68. The van der Waals surface area contributed by atoms with E-state index in [1.54, 1.807) is 0 Å². The van der Waals surface area contributed by atoms with Crippen LogP contribution < -0.4 is 19.7 Å². The molecule has 1 fully saturated rings. The van der Waals surface area contributed by atoms with E-state index in [4.69, 9.17) is 9.47 Å². The van der Waals surface area contributed by atoms with Gasteiger partial charge in [0.2, 0.25) is 0 Å². The molecule has 2 amide bonds. The normalized spacial score (nSPS) is 14.3. The summed E-state index contributed by atoms with van der Waals surface area (Å²) in [6.07, 6.45) is 0.299. The molecule has 156 valence electrons. The fourth-order valence-electron chi connectivity index (χ4n) is 3.27. The number of nitrogens with one attached hydrogen (secondary N) is 1. The number of carbonyl (C=O) groups is 1. The highest BCUT2D eigenvalue weighted by Crippen LogP contribution is 2.22. The summed E-state index contributed by atoms with van der Waals surface area (Å²) in [5.41, 5.74) is 1.93. The molecule has 6 heteroatoms. The minimum absolute atomic E-state index is 0.0668. The second-order valence-corrected chi connectivity index (χ2v) is 7.76. The van der Waals surface area contributed by atoms with Crippen LogP contribution in [0.25, 0.3) is 0 Å². The van der Waals surface area contributed by atoms with E-state index in [1.807, 2.05) is 69.0 Å². The Bertz CT molecular complexity index is 780. The van der Waals surface area contributed by atoms with Gasteiger partial charge in [-0.3, -0.25) is 0 Å². The highest BCUT2D eigenvalue weighted by atomic mass is 16.5. The molecule has 0 saturated carbocycles. The summed E-state index contributed by atoms with van der Waals surface area (Å²) in [4.78, 5) is 16.7. The van der Waals surface area contributed by atoms with Gasteiger partial charge < -0.3 is 24.6 Å². The standard InChI is InChI=1S/C23H31N3O3/c1-17(2)28-21-9-5-19(6-10-21)24-23(27)26-15-13-25(14-16-26)20-7-11-22(12-8-20)29-18(3)4/h5-12,17-18H,13-16H2,1-4H3,(H,24,27). The molecule has 0 radical (unpaired) electrons. The number of amides is 2. The molecule has 1 N–H and O–H groups in total. The summed E-state index contributed by atoms with van der Waals surface area (Å²) in [6, 6.07) is 15.6. The molecule has 1 aliphatic heterocycles. The van der Waals surface area contributed by atoms with Crippen molar-refractivity contribution >= 4 is 17.4 Å². The number of benzene rings is 2. The summed E-state index contributed by atoms with van der Waals surface area (Å²) in [5, 5.41) is 2.97. The Morgan fingerprint density at radius 2 is 1.28 bits per heavy atom. The number of carbonyl (C=O) groups excluding carboxylic acids is 1. The molecular weight excluding hydrogens is 366 g/mol. The molecule has 6 nitrogen and oxygen atoms in total. The predicted octanol–water partition coefficient (Wildman–Crippen LogP) is 4.62. The van der Waals surface area contributed by atoms with Crippen molar-refractivity contribution in [3.8, 4) is 11.5 Å². The Kier molecular flexibility index (Phi) is 6.86. The van der Waals surface area contributed by atoms with Crippen molar-refractivity contribution in [3.05, 3.63) is 48.5 Å². The highest BCUT2D eigenvalue weighted by molar-refractivity contribution is 5.89. The van der Waals surface area contributed by atoms with Crippen molar-refractivity contribution in [2.75, 3.05) is 36.4 Å². The molecule has 29 heavy (non-hydrogen) atoms.